The van der Waals surface area contributed by atoms with E-state index in [1.54, 1.807) is 36.2 Å². The van der Waals surface area contributed by atoms with Gasteiger partial charge in [0.25, 0.3) is 0 Å². The van der Waals surface area contributed by atoms with Crippen LogP contribution in [-0.4, -0.2) is 75.0 Å². The number of aromatic nitrogens is 12. The number of pyridine rings is 3. The average molecular weight is 1480 g/mol. The first kappa shape index (κ1) is 69.1. The van der Waals surface area contributed by atoms with Crippen LogP contribution in [0.5, 0.6) is 17.2 Å². The number of benzene rings is 11. The Kier molecular flexibility index (Phi) is 19.8. The van der Waals surface area contributed by atoms with Crippen LogP contribution in [0.3, 0.4) is 0 Å². The second-order valence-electron chi connectivity index (χ2n) is 25.8. The molecule has 0 N–H and O–H groups in total. The number of fused-ring (bicyclic) bond motifs is 5. The number of hydrogen-bond donors (Lipinski definition) is 0. The van der Waals surface area contributed by atoms with Crippen molar-refractivity contribution in [2.45, 2.75) is 0 Å². The Labute approximate surface area is 652 Å². The zero-order valence-corrected chi connectivity index (χ0v) is 61.7. The largest absolute Gasteiger partial charge is 1.20 e. The summed E-state index contributed by atoms with van der Waals surface area (Å²) in [4.78, 5) is 57.3. The minimum Gasteiger partial charge on any atom is -0.576 e. The molecular weight excluding hydrogens is 1420 g/mol. The van der Waals surface area contributed by atoms with E-state index in [2.05, 4.69) is 93.1 Å². The van der Waals surface area contributed by atoms with Crippen LogP contribution in [0, 0.1) is 0 Å². The lowest BCUT2D eigenvalue weighted by Gasteiger charge is -2.18. The Morgan fingerprint density at radius 2 is 0.589 bits per heavy atom. The van der Waals surface area contributed by atoms with Gasteiger partial charge in [-0.2, -0.15) is 0 Å². The van der Waals surface area contributed by atoms with E-state index in [1.807, 2.05) is 267 Å². The zero-order chi connectivity index (χ0) is 74.8. The van der Waals surface area contributed by atoms with Gasteiger partial charge in [0, 0.05) is 96.5 Å². The fraction of sp³-hybridized carbons (Fsp3) is 0. The molecule has 0 radical (unpaired) electrons. The van der Waals surface area contributed by atoms with Crippen LogP contribution >= 0.6 is 11.3 Å². The molecule has 112 heavy (non-hydrogen) atoms. The van der Waals surface area contributed by atoms with E-state index in [0.29, 0.717) is 57.8 Å². The molecule has 0 atom stereocenters. The van der Waals surface area contributed by atoms with Crippen molar-refractivity contribution in [1.29, 1.82) is 0 Å². The second kappa shape index (κ2) is 32.0. The van der Waals surface area contributed by atoms with Crippen molar-refractivity contribution in [3.63, 3.8) is 0 Å². The standard InChI is InChI=1S/C34H22N4S.C33H21N5O.3C9H7NO.Al/c1-4-10-23(11-5-1)29-22-30(24-12-6-2-7-13-24)37-33(36-29)26-16-18-27(19-17-26)34-35-28-20-21-39-32(28)31(38-34)25-14-8-3-9-15-25;1-4-10-22(11-5-1)28-29-27(20-21-39-29)34-30(35-28)25-16-18-26(19-17-25)33-37-31(23-12-6-2-7-13-23)36-32(38-33)24-14-8-3-9-15-24;3*11-8-5-1-3-7-4-2-6-10-9(7)8;/h1-22H;1-21H;3*1-6,11H;/q;;;;;+3/p-3. The average Bonchev–Trinajstić information content (AvgIpc) is 1.62. The normalized spacial score (nSPS) is 11.0. The molecule has 9 aromatic heterocycles. The van der Waals surface area contributed by atoms with Gasteiger partial charge in [0.1, 0.15) is 45.0 Å². The fourth-order valence-electron chi connectivity index (χ4n) is 13.0. The van der Waals surface area contributed by atoms with Crippen LogP contribution < -0.4 is 11.4 Å². The number of hydrogen-bond acceptors (Lipinski definition) is 17. The fourth-order valence-corrected chi connectivity index (χ4v) is 15.2. The maximum absolute atomic E-state index is 6.41. The highest BCUT2D eigenvalue weighted by molar-refractivity contribution is 7.17. The van der Waals surface area contributed by atoms with Gasteiger partial charge in [0.05, 0.1) is 33.6 Å². The molecule has 0 amide bonds. The lowest BCUT2D eigenvalue weighted by atomic mass is 10.1. The van der Waals surface area contributed by atoms with Crippen molar-refractivity contribution in [2.75, 3.05) is 0 Å². The summed E-state index contributed by atoms with van der Waals surface area (Å²) in [5, 5.41) is 5.00. The summed E-state index contributed by atoms with van der Waals surface area (Å²) in [5.41, 5.74) is 17.9. The molecule has 0 unspecified atom stereocenters. The Morgan fingerprint density at radius 3 is 1.00 bits per heavy atom. The van der Waals surface area contributed by atoms with Gasteiger partial charge in [-0.1, -0.05) is 285 Å². The van der Waals surface area contributed by atoms with Crippen LogP contribution in [-0.2, 0) is 0 Å². The van der Waals surface area contributed by atoms with Gasteiger partial charge in [-0.15, -0.1) is 11.3 Å². The molecule has 18 heteroatoms. The molecule has 20 rings (SSSR count). The number of nitrogens with zero attached hydrogens (tertiary/aromatic N) is 12. The molecule has 0 spiro atoms. The molecule has 0 saturated carbocycles. The van der Waals surface area contributed by atoms with Gasteiger partial charge >= 0.3 is 15.1 Å². The first-order chi connectivity index (χ1) is 55.5. The number of rotatable bonds is 16. The van der Waals surface area contributed by atoms with Crippen LogP contribution in [0.1, 0.15) is 0 Å². The highest BCUT2D eigenvalue weighted by Gasteiger charge is 2.46. The van der Waals surface area contributed by atoms with E-state index in [4.69, 9.17) is 60.6 Å². The maximum atomic E-state index is 6.41. The first-order valence-electron chi connectivity index (χ1n) is 36.2. The highest BCUT2D eigenvalue weighted by Crippen LogP contribution is 2.37. The van der Waals surface area contributed by atoms with E-state index in [1.165, 1.54) is 0 Å². The van der Waals surface area contributed by atoms with Gasteiger partial charge in [-0.3, -0.25) is 15.0 Å². The number of para-hydroxylation sites is 3. The van der Waals surface area contributed by atoms with Crippen molar-refractivity contribution in [3.8, 4) is 131 Å². The predicted octanol–water partition coefficient (Wildman–Crippen LogP) is 22.4. The zero-order valence-electron chi connectivity index (χ0n) is 59.7. The molecule has 9 heterocycles. The lowest BCUT2D eigenvalue weighted by molar-refractivity contribution is 0.311. The summed E-state index contributed by atoms with van der Waals surface area (Å²) in [6, 6.07) is 112. The molecular formula is C94H61AlN12O4S. The SMILES string of the molecule is c1ccc(-c2cc(-c3ccccc3)nc(-c3ccc(-c4nc(-c5ccccc5)c5sccc5n4)cc3)n2)cc1.c1ccc(-c2nc(-c3ccccc3)nc(-c3ccc(-c4nc(-c5ccccc5)c5occc5n4)cc3)n2)cc1.c1cnc2c([O][Al]([O]c3cccc4cccnc34)[O]c3cccc4cccnc34)cccc2c1. The van der Waals surface area contributed by atoms with Crippen LogP contribution in [0.25, 0.3) is 167 Å². The van der Waals surface area contributed by atoms with Crippen LogP contribution in [0.4, 0.5) is 0 Å². The van der Waals surface area contributed by atoms with Crippen molar-refractivity contribution in [2.24, 2.45) is 0 Å². The third kappa shape index (κ3) is 15.2. The summed E-state index contributed by atoms with van der Waals surface area (Å²) in [7, 11) is 0. The Bertz CT molecular complexity index is 6070. The summed E-state index contributed by atoms with van der Waals surface area (Å²) in [6.07, 6.45) is 6.89. The molecule has 20 aromatic rings. The molecule has 16 nitrogen and oxygen atoms in total. The van der Waals surface area contributed by atoms with Gasteiger partial charge in [-0.25, -0.2) is 44.9 Å². The summed E-state index contributed by atoms with van der Waals surface area (Å²) < 4.78 is 26.0. The van der Waals surface area contributed by atoms with Crippen LogP contribution in [0.15, 0.2) is 374 Å². The van der Waals surface area contributed by atoms with Gasteiger partial charge in [0.15, 0.2) is 40.5 Å². The van der Waals surface area contributed by atoms with Crippen molar-refractivity contribution >= 4 is 80.5 Å². The Morgan fingerprint density at radius 1 is 0.259 bits per heavy atom. The molecule has 530 valence electrons. The monoisotopic (exact) mass is 1480 g/mol. The van der Waals surface area contributed by atoms with E-state index < -0.39 is 15.1 Å². The molecule has 0 aliphatic carbocycles. The topological polar surface area (TPSA) is 196 Å². The summed E-state index contributed by atoms with van der Waals surface area (Å²) in [6.45, 7) is 0. The Balaban J connectivity index is 0.000000118. The molecule has 0 bridgehead atoms. The minimum atomic E-state index is -2.86. The van der Waals surface area contributed by atoms with Crippen molar-refractivity contribution in [3.05, 3.63) is 370 Å². The first-order valence-corrected chi connectivity index (χ1v) is 38.5. The highest BCUT2D eigenvalue weighted by atomic mass is 32.1. The molecule has 0 saturated heterocycles. The quantitative estimate of drug-likeness (QED) is 0.0828. The third-order valence-corrected chi connectivity index (χ3v) is 20.8. The maximum Gasteiger partial charge on any atom is 1.20 e. The van der Waals surface area contributed by atoms with E-state index in [0.717, 1.165) is 127 Å². The minimum absolute atomic E-state index is 0.602. The third-order valence-electron chi connectivity index (χ3n) is 18.5. The molecule has 0 aliphatic heterocycles. The van der Waals surface area contributed by atoms with Crippen molar-refractivity contribution < 1.29 is 15.8 Å². The Hall–Kier alpha value is -14.7. The van der Waals surface area contributed by atoms with Gasteiger partial charge < -0.3 is 15.8 Å². The number of thiophene rings is 1. The van der Waals surface area contributed by atoms with E-state index >= 15 is 0 Å². The number of furan rings is 1. The van der Waals surface area contributed by atoms with Crippen molar-refractivity contribution in [1.82, 2.24) is 59.8 Å². The summed E-state index contributed by atoms with van der Waals surface area (Å²) in [5.74, 6) is 5.69. The molecule has 0 fully saturated rings. The predicted molar refractivity (Wildman–Crippen MR) is 445 cm³/mol. The van der Waals surface area contributed by atoms with Gasteiger partial charge in [0.2, 0.25) is 0 Å². The van der Waals surface area contributed by atoms with E-state index in [-0.39, 0.29) is 0 Å². The van der Waals surface area contributed by atoms with E-state index in [9.17, 15) is 0 Å². The van der Waals surface area contributed by atoms with Gasteiger partial charge in [-0.05, 0) is 53.9 Å². The smallest absolute Gasteiger partial charge is 0.576 e. The molecule has 11 aromatic carbocycles. The summed E-state index contributed by atoms with van der Waals surface area (Å²) >= 11 is -1.19. The lowest BCUT2D eigenvalue weighted by Crippen LogP contribution is -2.37. The van der Waals surface area contributed by atoms with Crippen LogP contribution in [0.2, 0.25) is 0 Å². The second-order valence-corrected chi connectivity index (χ2v) is 28.0. The molecule has 0 aliphatic rings.